The molecule has 1 saturated heterocycles. The van der Waals surface area contributed by atoms with Crippen LogP contribution in [-0.4, -0.2) is 74.0 Å². The molecule has 3 aromatic carbocycles. The van der Waals surface area contributed by atoms with Crippen LogP contribution in [0.5, 0.6) is 11.5 Å². The molecule has 0 saturated carbocycles. The fourth-order valence-corrected chi connectivity index (χ4v) is 5.20. The van der Waals surface area contributed by atoms with Gasteiger partial charge in [0.1, 0.15) is 11.5 Å². The van der Waals surface area contributed by atoms with E-state index in [0.717, 1.165) is 81.0 Å². The first-order valence-electron chi connectivity index (χ1n) is 14.1. The Morgan fingerprint density at radius 1 is 0.816 bits per heavy atom. The molecule has 0 spiro atoms. The minimum atomic E-state index is -0.163. The lowest BCUT2D eigenvalue weighted by atomic mass is 9.95. The highest BCUT2D eigenvalue weighted by molar-refractivity contribution is 5.74. The van der Waals surface area contributed by atoms with Crippen LogP contribution < -0.4 is 9.47 Å². The van der Waals surface area contributed by atoms with Crippen molar-refractivity contribution in [3.05, 3.63) is 83.4 Å². The number of hydrogen-bond acceptors (Lipinski definition) is 5. The van der Waals surface area contributed by atoms with Crippen molar-refractivity contribution >= 4 is 0 Å². The topological polar surface area (TPSA) is 45.2 Å². The summed E-state index contributed by atoms with van der Waals surface area (Å²) >= 11 is 0. The van der Waals surface area contributed by atoms with Crippen molar-refractivity contribution in [2.45, 2.75) is 45.6 Å². The second-order valence-electron chi connectivity index (χ2n) is 10.5. The van der Waals surface area contributed by atoms with E-state index in [1.807, 2.05) is 0 Å². The van der Waals surface area contributed by atoms with Crippen molar-refractivity contribution in [1.29, 1.82) is 0 Å². The maximum Gasteiger partial charge on any atom is 0.122 e. The maximum atomic E-state index is 9.71. The van der Waals surface area contributed by atoms with E-state index in [4.69, 9.17) is 9.47 Å². The summed E-state index contributed by atoms with van der Waals surface area (Å²) < 4.78 is 12.4. The molecule has 1 aliphatic rings. The fourth-order valence-electron chi connectivity index (χ4n) is 5.20. The van der Waals surface area contributed by atoms with E-state index >= 15 is 0 Å². The van der Waals surface area contributed by atoms with Crippen LogP contribution >= 0.6 is 0 Å². The third-order valence-electron chi connectivity index (χ3n) is 7.55. The number of β-amino-alcohol motifs (C(OH)–C–C–N with tert-alkyl or cyclic N) is 1. The number of nitrogens with zero attached hydrogens (tertiary/aromatic N) is 2. The normalized spacial score (nSPS) is 15.8. The smallest absolute Gasteiger partial charge is 0.122 e. The van der Waals surface area contributed by atoms with Crippen molar-refractivity contribution in [3.63, 3.8) is 0 Å². The van der Waals surface area contributed by atoms with Gasteiger partial charge < -0.3 is 24.4 Å². The largest absolute Gasteiger partial charge is 0.493 e. The van der Waals surface area contributed by atoms with Crippen LogP contribution in [0.1, 0.15) is 36.0 Å². The van der Waals surface area contributed by atoms with Gasteiger partial charge in [0.2, 0.25) is 0 Å². The SMILES string of the molecule is Cc1c(OCCCN(C)CCc2ccccc2)cccc1-c1cccc(OCCCN2CCC(O)C2)c1C. The summed E-state index contributed by atoms with van der Waals surface area (Å²) in [4.78, 5) is 4.69. The summed E-state index contributed by atoms with van der Waals surface area (Å²) in [6, 6.07) is 23.3. The summed E-state index contributed by atoms with van der Waals surface area (Å²) in [6.07, 6.45) is 3.75. The van der Waals surface area contributed by atoms with Gasteiger partial charge in [0.05, 0.1) is 19.3 Å². The van der Waals surface area contributed by atoms with E-state index in [9.17, 15) is 5.11 Å². The first-order valence-corrected chi connectivity index (χ1v) is 14.1. The predicted molar refractivity (Wildman–Crippen MR) is 156 cm³/mol. The van der Waals surface area contributed by atoms with Crippen molar-refractivity contribution in [1.82, 2.24) is 9.80 Å². The van der Waals surface area contributed by atoms with E-state index in [2.05, 4.69) is 97.4 Å². The van der Waals surface area contributed by atoms with Crippen LogP contribution in [0.2, 0.25) is 0 Å². The van der Waals surface area contributed by atoms with Gasteiger partial charge in [-0.05, 0) is 86.5 Å². The Bertz CT molecular complexity index is 1130. The Morgan fingerprint density at radius 3 is 2.05 bits per heavy atom. The minimum Gasteiger partial charge on any atom is -0.493 e. The summed E-state index contributed by atoms with van der Waals surface area (Å²) in [7, 11) is 2.18. The monoisotopic (exact) mass is 516 g/mol. The Labute approximate surface area is 229 Å². The molecule has 204 valence electrons. The molecule has 1 N–H and O–H groups in total. The molecule has 1 atom stereocenters. The van der Waals surface area contributed by atoms with Crippen molar-refractivity contribution < 1.29 is 14.6 Å². The van der Waals surface area contributed by atoms with Gasteiger partial charge >= 0.3 is 0 Å². The first kappa shape index (κ1) is 28.2. The average molecular weight is 517 g/mol. The number of hydrogen-bond donors (Lipinski definition) is 1. The second-order valence-corrected chi connectivity index (χ2v) is 10.5. The van der Waals surface area contributed by atoms with Gasteiger partial charge in [-0.1, -0.05) is 54.6 Å². The molecule has 3 aromatic rings. The summed E-state index contributed by atoms with van der Waals surface area (Å²) in [5.74, 6) is 1.89. The molecule has 0 amide bonds. The van der Waals surface area contributed by atoms with Crippen molar-refractivity contribution in [2.75, 3.05) is 53.0 Å². The standard InChI is InChI=1S/C33H44N2O3/c1-26-30(31-14-8-16-33(27(31)2)38-24-10-20-35-22-18-29(36)25-35)13-7-15-32(26)37-23-9-19-34(3)21-17-28-11-5-4-6-12-28/h4-8,11-16,29,36H,9-10,17-25H2,1-3H3. The molecule has 0 radical (unpaired) electrons. The first-order chi connectivity index (χ1) is 18.5. The number of ether oxygens (including phenoxy) is 2. The molecule has 1 aliphatic heterocycles. The molecule has 38 heavy (non-hydrogen) atoms. The van der Waals surface area contributed by atoms with Gasteiger partial charge in [-0.2, -0.15) is 0 Å². The Morgan fingerprint density at radius 2 is 1.45 bits per heavy atom. The predicted octanol–water partition coefficient (Wildman–Crippen LogP) is 5.75. The van der Waals surface area contributed by atoms with E-state index in [0.29, 0.717) is 13.2 Å². The fraction of sp³-hybridized carbons (Fsp3) is 0.455. The highest BCUT2D eigenvalue weighted by Crippen LogP contribution is 2.35. The minimum absolute atomic E-state index is 0.163. The van der Waals surface area contributed by atoms with Crippen LogP contribution in [-0.2, 0) is 6.42 Å². The number of likely N-dealkylation sites (N-methyl/N-ethyl adjacent to an activating group) is 1. The van der Waals surface area contributed by atoms with Gasteiger partial charge in [0, 0.05) is 32.7 Å². The quantitative estimate of drug-likeness (QED) is 0.277. The van der Waals surface area contributed by atoms with Crippen LogP contribution in [0.3, 0.4) is 0 Å². The Balaban J connectivity index is 1.26. The highest BCUT2D eigenvalue weighted by atomic mass is 16.5. The third kappa shape index (κ3) is 8.07. The molecule has 0 aromatic heterocycles. The van der Waals surface area contributed by atoms with E-state index < -0.39 is 0 Å². The van der Waals surface area contributed by atoms with Crippen LogP contribution in [0.4, 0.5) is 0 Å². The third-order valence-corrected chi connectivity index (χ3v) is 7.55. The zero-order valence-electron chi connectivity index (χ0n) is 23.4. The molecule has 1 heterocycles. The second kappa shape index (κ2) is 14.3. The molecule has 1 fully saturated rings. The van der Waals surface area contributed by atoms with E-state index in [-0.39, 0.29) is 6.10 Å². The van der Waals surface area contributed by atoms with Crippen LogP contribution in [0.25, 0.3) is 11.1 Å². The number of benzene rings is 3. The lowest BCUT2D eigenvalue weighted by Crippen LogP contribution is -2.24. The molecular weight excluding hydrogens is 472 g/mol. The summed E-state index contributed by atoms with van der Waals surface area (Å²) in [6.45, 7) is 10.5. The molecule has 5 nitrogen and oxygen atoms in total. The van der Waals surface area contributed by atoms with Crippen molar-refractivity contribution in [3.8, 4) is 22.6 Å². The van der Waals surface area contributed by atoms with Crippen molar-refractivity contribution in [2.24, 2.45) is 0 Å². The zero-order chi connectivity index (χ0) is 26.7. The number of likely N-dealkylation sites (tertiary alicyclic amines) is 1. The molecule has 0 aliphatic carbocycles. The number of aliphatic hydroxyl groups excluding tert-OH is 1. The highest BCUT2D eigenvalue weighted by Gasteiger charge is 2.19. The van der Waals surface area contributed by atoms with Gasteiger partial charge in [-0.3, -0.25) is 0 Å². The summed E-state index contributed by atoms with van der Waals surface area (Å²) in [5, 5.41) is 9.71. The molecule has 5 heteroatoms. The van der Waals surface area contributed by atoms with Crippen LogP contribution in [0.15, 0.2) is 66.7 Å². The van der Waals surface area contributed by atoms with Crippen LogP contribution in [0, 0.1) is 13.8 Å². The van der Waals surface area contributed by atoms with E-state index in [1.54, 1.807) is 0 Å². The number of aliphatic hydroxyl groups is 1. The van der Waals surface area contributed by atoms with Gasteiger partial charge in [0.15, 0.2) is 0 Å². The van der Waals surface area contributed by atoms with E-state index in [1.165, 1.54) is 16.7 Å². The summed E-state index contributed by atoms with van der Waals surface area (Å²) in [5.41, 5.74) is 6.09. The molecular formula is C33H44N2O3. The lowest BCUT2D eigenvalue weighted by molar-refractivity contribution is 0.173. The van der Waals surface area contributed by atoms with Gasteiger partial charge in [0.25, 0.3) is 0 Å². The molecule has 4 rings (SSSR count). The Kier molecular flexibility index (Phi) is 10.6. The average Bonchev–Trinajstić information content (AvgIpc) is 3.35. The molecule has 1 unspecified atom stereocenters. The lowest BCUT2D eigenvalue weighted by Gasteiger charge is -2.19. The number of rotatable bonds is 14. The maximum absolute atomic E-state index is 9.71. The van der Waals surface area contributed by atoms with Gasteiger partial charge in [-0.25, -0.2) is 0 Å². The van der Waals surface area contributed by atoms with Gasteiger partial charge in [-0.15, -0.1) is 0 Å². The zero-order valence-corrected chi connectivity index (χ0v) is 23.4. The Hall–Kier alpha value is -2.86. The molecule has 0 bridgehead atoms.